The third-order valence-corrected chi connectivity index (χ3v) is 3.21. The molecule has 0 radical (unpaired) electrons. The van der Waals surface area contributed by atoms with E-state index in [1.165, 1.54) is 0 Å². The van der Waals surface area contributed by atoms with E-state index >= 15 is 0 Å². The summed E-state index contributed by atoms with van der Waals surface area (Å²) in [5.74, 6) is 0.913. The molecule has 0 amide bonds. The van der Waals surface area contributed by atoms with Crippen molar-refractivity contribution in [3.05, 3.63) is 35.9 Å². The first-order chi connectivity index (χ1) is 7.16. The maximum Gasteiger partial charge on any atom is 0.114 e. The van der Waals surface area contributed by atoms with Gasteiger partial charge < -0.3 is 10.2 Å². The molecule has 0 atom stereocenters. The fourth-order valence-electron chi connectivity index (χ4n) is 1.20. The van der Waals surface area contributed by atoms with Crippen LogP contribution in [0.4, 0.5) is 5.69 Å². The summed E-state index contributed by atoms with van der Waals surface area (Å²) in [6.45, 7) is 3.84. The number of nitrogen functional groups attached to an aromatic ring is 1. The molecule has 0 saturated heterocycles. The number of nitrogens with two attached hydrogens (primary N) is 1. The second-order valence-electron chi connectivity index (χ2n) is 3.27. The van der Waals surface area contributed by atoms with Gasteiger partial charge >= 0.3 is 0 Å². The Morgan fingerprint density at radius 2 is 2.07 bits per heavy atom. The number of rotatable bonds is 2. The quantitative estimate of drug-likeness (QED) is 0.845. The van der Waals surface area contributed by atoms with E-state index in [4.69, 9.17) is 10.2 Å². The van der Waals surface area contributed by atoms with Crippen molar-refractivity contribution >= 4 is 17.4 Å². The molecule has 4 heteroatoms. The molecule has 78 valence electrons. The molecular formula is C11H12N2OS. The third-order valence-electron chi connectivity index (χ3n) is 2.13. The van der Waals surface area contributed by atoms with E-state index in [0.29, 0.717) is 0 Å². The molecule has 0 aliphatic carbocycles. The van der Waals surface area contributed by atoms with Gasteiger partial charge in [-0.2, -0.15) is 0 Å². The van der Waals surface area contributed by atoms with Gasteiger partial charge in [-0.05, 0) is 32.0 Å². The average Bonchev–Trinajstić information content (AvgIpc) is 2.59. The van der Waals surface area contributed by atoms with Crippen LogP contribution in [0.25, 0.3) is 0 Å². The number of anilines is 1. The van der Waals surface area contributed by atoms with Gasteiger partial charge in [0.05, 0.1) is 22.5 Å². The van der Waals surface area contributed by atoms with Gasteiger partial charge in [0.15, 0.2) is 0 Å². The minimum atomic E-state index is 0.725. The molecule has 0 spiro atoms. The van der Waals surface area contributed by atoms with Gasteiger partial charge in [0.1, 0.15) is 10.8 Å². The summed E-state index contributed by atoms with van der Waals surface area (Å²) in [4.78, 5) is 5.47. The van der Waals surface area contributed by atoms with Gasteiger partial charge in [0.25, 0.3) is 0 Å². The van der Waals surface area contributed by atoms with Crippen molar-refractivity contribution in [2.75, 3.05) is 5.73 Å². The molecule has 0 bridgehead atoms. The summed E-state index contributed by atoms with van der Waals surface area (Å²) in [5, 5.41) is 0.936. The molecule has 0 saturated carbocycles. The predicted molar refractivity (Wildman–Crippen MR) is 61.0 cm³/mol. The van der Waals surface area contributed by atoms with Crippen molar-refractivity contribution in [1.29, 1.82) is 0 Å². The zero-order chi connectivity index (χ0) is 10.8. The number of hydrogen-bond donors (Lipinski definition) is 1. The van der Waals surface area contributed by atoms with E-state index in [1.54, 1.807) is 18.0 Å². The topological polar surface area (TPSA) is 52.0 Å². The van der Waals surface area contributed by atoms with Gasteiger partial charge in [0, 0.05) is 0 Å². The van der Waals surface area contributed by atoms with E-state index in [2.05, 4.69) is 4.98 Å². The molecular weight excluding hydrogens is 208 g/mol. The molecule has 2 aromatic heterocycles. The monoisotopic (exact) mass is 220 g/mol. The Hall–Kier alpha value is -1.42. The SMILES string of the molecule is Cc1nc(Sc2ccoc2C)ccc1N. The lowest BCUT2D eigenvalue weighted by molar-refractivity contribution is 0.527. The average molecular weight is 220 g/mol. The Morgan fingerprint density at radius 3 is 2.67 bits per heavy atom. The molecule has 2 aromatic rings. The maximum atomic E-state index is 5.70. The highest BCUT2D eigenvalue weighted by molar-refractivity contribution is 7.99. The Bertz CT molecular complexity index is 479. The summed E-state index contributed by atoms with van der Waals surface area (Å²) < 4.78 is 5.22. The van der Waals surface area contributed by atoms with E-state index in [0.717, 1.165) is 27.1 Å². The minimum absolute atomic E-state index is 0.725. The van der Waals surface area contributed by atoms with Crippen molar-refractivity contribution < 1.29 is 4.42 Å². The van der Waals surface area contributed by atoms with Crippen molar-refractivity contribution in [2.45, 2.75) is 23.8 Å². The molecule has 0 aromatic carbocycles. The molecule has 0 unspecified atom stereocenters. The van der Waals surface area contributed by atoms with Gasteiger partial charge in [-0.15, -0.1) is 0 Å². The normalized spacial score (nSPS) is 10.5. The van der Waals surface area contributed by atoms with E-state index in [9.17, 15) is 0 Å². The van der Waals surface area contributed by atoms with Crippen LogP contribution in [0.5, 0.6) is 0 Å². The predicted octanol–water partition coefficient (Wildman–Crippen LogP) is 3.02. The first-order valence-corrected chi connectivity index (χ1v) is 5.43. The van der Waals surface area contributed by atoms with Crippen molar-refractivity contribution in [3.63, 3.8) is 0 Å². The summed E-state index contributed by atoms with van der Waals surface area (Å²) in [6.07, 6.45) is 1.68. The van der Waals surface area contributed by atoms with Crippen LogP contribution >= 0.6 is 11.8 Å². The molecule has 0 aliphatic rings. The number of hydrogen-bond acceptors (Lipinski definition) is 4. The molecule has 2 heterocycles. The summed E-state index contributed by atoms with van der Waals surface area (Å²) >= 11 is 1.58. The molecule has 15 heavy (non-hydrogen) atoms. The fourth-order valence-corrected chi connectivity index (χ4v) is 2.06. The molecule has 2 rings (SSSR count). The Balaban J connectivity index is 2.25. The van der Waals surface area contributed by atoms with Gasteiger partial charge in [-0.1, -0.05) is 11.8 Å². The second kappa shape index (κ2) is 3.98. The van der Waals surface area contributed by atoms with Crippen molar-refractivity contribution in [3.8, 4) is 0 Å². The van der Waals surface area contributed by atoms with E-state index < -0.39 is 0 Å². The van der Waals surface area contributed by atoms with Crippen LogP contribution in [0.2, 0.25) is 0 Å². The summed E-state index contributed by atoms with van der Waals surface area (Å²) in [7, 11) is 0. The van der Waals surface area contributed by atoms with Gasteiger partial charge in [-0.3, -0.25) is 0 Å². The third kappa shape index (κ3) is 2.15. The highest BCUT2D eigenvalue weighted by atomic mass is 32.2. The number of aromatic nitrogens is 1. The van der Waals surface area contributed by atoms with E-state index in [-0.39, 0.29) is 0 Å². The first kappa shape index (κ1) is 10.1. The van der Waals surface area contributed by atoms with Crippen LogP contribution in [0.3, 0.4) is 0 Å². The lowest BCUT2D eigenvalue weighted by atomic mass is 10.3. The van der Waals surface area contributed by atoms with Gasteiger partial charge in [0.2, 0.25) is 0 Å². The number of aryl methyl sites for hydroxylation is 2. The standard InChI is InChI=1S/C11H12N2OS/c1-7-9(12)3-4-11(13-7)15-10-5-6-14-8(10)2/h3-6H,12H2,1-2H3. The number of furan rings is 1. The zero-order valence-electron chi connectivity index (χ0n) is 8.65. The zero-order valence-corrected chi connectivity index (χ0v) is 9.47. The number of pyridine rings is 1. The number of nitrogens with zero attached hydrogens (tertiary/aromatic N) is 1. The van der Waals surface area contributed by atoms with Gasteiger partial charge in [-0.25, -0.2) is 4.98 Å². The molecule has 0 fully saturated rings. The fraction of sp³-hybridized carbons (Fsp3) is 0.182. The lowest BCUT2D eigenvalue weighted by Crippen LogP contribution is -1.93. The lowest BCUT2D eigenvalue weighted by Gasteiger charge is -2.02. The molecule has 2 N–H and O–H groups in total. The Morgan fingerprint density at radius 1 is 1.27 bits per heavy atom. The van der Waals surface area contributed by atoms with Crippen LogP contribution in [0.1, 0.15) is 11.5 Å². The first-order valence-electron chi connectivity index (χ1n) is 4.62. The van der Waals surface area contributed by atoms with Crippen LogP contribution in [0, 0.1) is 13.8 Å². The van der Waals surface area contributed by atoms with Crippen molar-refractivity contribution in [2.24, 2.45) is 0 Å². The summed E-state index contributed by atoms with van der Waals surface area (Å²) in [5.41, 5.74) is 7.29. The smallest absolute Gasteiger partial charge is 0.114 e. The highest BCUT2D eigenvalue weighted by Crippen LogP contribution is 2.30. The van der Waals surface area contributed by atoms with Crippen LogP contribution in [0.15, 0.2) is 38.8 Å². The molecule has 0 aliphatic heterocycles. The second-order valence-corrected chi connectivity index (χ2v) is 4.33. The van der Waals surface area contributed by atoms with Crippen LogP contribution < -0.4 is 5.73 Å². The maximum absolute atomic E-state index is 5.70. The Labute approximate surface area is 92.7 Å². The van der Waals surface area contributed by atoms with Crippen LogP contribution in [-0.4, -0.2) is 4.98 Å². The Kier molecular flexibility index (Phi) is 2.68. The van der Waals surface area contributed by atoms with Crippen LogP contribution in [-0.2, 0) is 0 Å². The molecule has 3 nitrogen and oxygen atoms in total. The van der Waals surface area contributed by atoms with Crippen molar-refractivity contribution in [1.82, 2.24) is 4.98 Å². The highest BCUT2D eigenvalue weighted by Gasteiger charge is 2.05. The van der Waals surface area contributed by atoms with E-state index in [1.807, 2.05) is 32.0 Å². The summed E-state index contributed by atoms with van der Waals surface area (Å²) in [6, 6.07) is 5.73. The largest absolute Gasteiger partial charge is 0.468 e. The minimum Gasteiger partial charge on any atom is -0.468 e.